The smallest absolute Gasteiger partial charge is 0.154 e. The summed E-state index contributed by atoms with van der Waals surface area (Å²) in [6.07, 6.45) is 4.14. The standard InChI is InChI=1S/C10H20N2O2S/c13-15(14)6-2-4-10(15)8-11-7-9-3-1-5-12-9/h9-12H,1-8H2. The molecule has 2 saturated heterocycles. The molecule has 0 aromatic rings. The normalized spacial score (nSPS) is 34.7. The summed E-state index contributed by atoms with van der Waals surface area (Å²) in [4.78, 5) is 0. The lowest BCUT2D eigenvalue weighted by Crippen LogP contribution is -2.38. The number of hydrogen-bond acceptors (Lipinski definition) is 4. The van der Waals surface area contributed by atoms with Gasteiger partial charge in [-0.3, -0.25) is 0 Å². The second kappa shape index (κ2) is 4.80. The summed E-state index contributed by atoms with van der Waals surface area (Å²) in [6, 6.07) is 0.550. The van der Waals surface area contributed by atoms with E-state index in [9.17, 15) is 8.42 Å². The molecule has 0 aromatic carbocycles. The van der Waals surface area contributed by atoms with Crippen molar-refractivity contribution in [3.63, 3.8) is 0 Å². The minimum absolute atomic E-state index is 0.126. The fourth-order valence-corrected chi connectivity index (χ4v) is 4.24. The number of nitrogens with one attached hydrogen (secondary N) is 2. The van der Waals surface area contributed by atoms with Crippen LogP contribution in [0.15, 0.2) is 0 Å². The molecule has 0 aliphatic carbocycles. The van der Waals surface area contributed by atoms with Crippen LogP contribution < -0.4 is 10.6 Å². The van der Waals surface area contributed by atoms with Crippen LogP contribution in [-0.4, -0.2) is 45.1 Å². The first-order valence-electron chi connectivity index (χ1n) is 5.84. The van der Waals surface area contributed by atoms with E-state index in [2.05, 4.69) is 10.6 Å². The minimum atomic E-state index is -2.77. The topological polar surface area (TPSA) is 58.2 Å². The monoisotopic (exact) mass is 232 g/mol. The summed E-state index contributed by atoms with van der Waals surface area (Å²) < 4.78 is 23.1. The van der Waals surface area contributed by atoms with Crippen LogP contribution >= 0.6 is 0 Å². The van der Waals surface area contributed by atoms with Gasteiger partial charge in [-0.05, 0) is 32.2 Å². The minimum Gasteiger partial charge on any atom is -0.314 e. The van der Waals surface area contributed by atoms with Crippen molar-refractivity contribution in [2.75, 3.05) is 25.4 Å². The van der Waals surface area contributed by atoms with Crippen molar-refractivity contribution in [2.24, 2.45) is 0 Å². The molecule has 2 aliphatic rings. The zero-order chi connectivity index (χ0) is 10.7. The number of rotatable bonds is 4. The molecule has 15 heavy (non-hydrogen) atoms. The summed E-state index contributed by atoms with van der Waals surface area (Å²) in [5.41, 5.74) is 0. The van der Waals surface area contributed by atoms with Crippen molar-refractivity contribution in [1.29, 1.82) is 0 Å². The summed E-state index contributed by atoms with van der Waals surface area (Å²) in [5, 5.41) is 6.55. The number of sulfone groups is 1. The molecule has 2 aliphatic heterocycles. The molecule has 0 radical (unpaired) electrons. The van der Waals surface area contributed by atoms with Gasteiger partial charge in [0.25, 0.3) is 0 Å². The highest BCUT2D eigenvalue weighted by Gasteiger charge is 2.30. The third kappa shape index (κ3) is 2.92. The highest BCUT2D eigenvalue weighted by molar-refractivity contribution is 7.92. The molecular formula is C10H20N2O2S. The molecule has 2 atom stereocenters. The van der Waals surface area contributed by atoms with Crippen LogP contribution in [0, 0.1) is 0 Å². The lowest BCUT2D eigenvalue weighted by molar-refractivity contribution is 0.521. The molecule has 4 nitrogen and oxygen atoms in total. The Morgan fingerprint density at radius 2 is 2.07 bits per heavy atom. The Bertz CT molecular complexity index is 297. The highest BCUT2D eigenvalue weighted by atomic mass is 32.2. The van der Waals surface area contributed by atoms with Gasteiger partial charge in [0.05, 0.1) is 11.0 Å². The molecular weight excluding hydrogens is 212 g/mol. The SMILES string of the molecule is O=S1(=O)CCCC1CNCC1CCCN1. The second-order valence-electron chi connectivity index (χ2n) is 4.58. The molecule has 2 rings (SSSR count). The quantitative estimate of drug-likeness (QED) is 0.711. The van der Waals surface area contributed by atoms with E-state index >= 15 is 0 Å². The fourth-order valence-electron chi connectivity index (χ4n) is 2.44. The van der Waals surface area contributed by atoms with Gasteiger partial charge in [0.15, 0.2) is 9.84 Å². The van der Waals surface area contributed by atoms with Crippen LogP contribution in [-0.2, 0) is 9.84 Å². The van der Waals surface area contributed by atoms with Gasteiger partial charge < -0.3 is 10.6 Å². The van der Waals surface area contributed by atoms with Crippen molar-refractivity contribution in [2.45, 2.75) is 37.0 Å². The van der Waals surface area contributed by atoms with Gasteiger partial charge >= 0.3 is 0 Å². The molecule has 88 valence electrons. The summed E-state index contributed by atoms with van der Waals surface area (Å²) in [6.45, 7) is 2.65. The molecule has 2 N–H and O–H groups in total. The third-order valence-corrected chi connectivity index (χ3v) is 5.66. The molecule has 5 heteroatoms. The molecule has 2 fully saturated rings. The van der Waals surface area contributed by atoms with E-state index < -0.39 is 9.84 Å². The maximum atomic E-state index is 11.5. The zero-order valence-electron chi connectivity index (χ0n) is 9.04. The lowest BCUT2D eigenvalue weighted by Gasteiger charge is -2.14. The molecule has 0 saturated carbocycles. The van der Waals surface area contributed by atoms with Gasteiger partial charge in [-0.2, -0.15) is 0 Å². The zero-order valence-corrected chi connectivity index (χ0v) is 9.85. The van der Waals surface area contributed by atoms with Crippen molar-refractivity contribution in [1.82, 2.24) is 10.6 Å². The Morgan fingerprint density at radius 3 is 2.67 bits per heavy atom. The molecule has 0 spiro atoms. The predicted molar refractivity (Wildman–Crippen MR) is 60.7 cm³/mol. The van der Waals surface area contributed by atoms with Crippen LogP contribution in [0.25, 0.3) is 0 Å². The summed E-state index contributed by atoms with van der Waals surface area (Å²) in [5.74, 6) is 0.390. The molecule has 0 aromatic heterocycles. The summed E-state index contributed by atoms with van der Waals surface area (Å²) >= 11 is 0. The third-order valence-electron chi connectivity index (χ3n) is 3.39. The maximum Gasteiger partial charge on any atom is 0.154 e. The van der Waals surface area contributed by atoms with Crippen LogP contribution in [0.1, 0.15) is 25.7 Å². The largest absolute Gasteiger partial charge is 0.314 e. The average Bonchev–Trinajstić information content (AvgIpc) is 2.77. The van der Waals surface area contributed by atoms with Gasteiger partial charge in [-0.25, -0.2) is 8.42 Å². The van der Waals surface area contributed by atoms with E-state index in [1.54, 1.807) is 0 Å². The van der Waals surface area contributed by atoms with Gasteiger partial charge in [-0.1, -0.05) is 0 Å². The van der Waals surface area contributed by atoms with Crippen LogP contribution in [0.2, 0.25) is 0 Å². The molecule has 0 bridgehead atoms. The van der Waals surface area contributed by atoms with Crippen LogP contribution in [0.3, 0.4) is 0 Å². The Hall–Kier alpha value is -0.130. The molecule has 2 unspecified atom stereocenters. The van der Waals surface area contributed by atoms with E-state index in [0.29, 0.717) is 18.3 Å². The fraction of sp³-hybridized carbons (Fsp3) is 1.00. The van der Waals surface area contributed by atoms with E-state index in [1.807, 2.05) is 0 Å². The van der Waals surface area contributed by atoms with Crippen molar-refractivity contribution >= 4 is 9.84 Å². The molecule has 0 amide bonds. The van der Waals surface area contributed by atoms with Crippen LogP contribution in [0.5, 0.6) is 0 Å². The van der Waals surface area contributed by atoms with Gasteiger partial charge in [0.1, 0.15) is 0 Å². The van der Waals surface area contributed by atoms with Crippen molar-refractivity contribution in [3.05, 3.63) is 0 Å². The van der Waals surface area contributed by atoms with Gasteiger partial charge in [0.2, 0.25) is 0 Å². The number of hydrogen-bond donors (Lipinski definition) is 2. The van der Waals surface area contributed by atoms with Gasteiger partial charge in [-0.15, -0.1) is 0 Å². The van der Waals surface area contributed by atoms with Crippen molar-refractivity contribution < 1.29 is 8.42 Å². The predicted octanol–water partition coefficient (Wildman–Crippen LogP) is -0.0948. The first-order chi connectivity index (χ1) is 7.18. The maximum absolute atomic E-state index is 11.5. The Balaban J connectivity index is 1.69. The van der Waals surface area contributed by atoms with Crippen molar-refractivity contribution in [3.8, 4) is 0 Å². The Labute approximate surface area is 91.7 Å². The highest BCUT2D eigenvalue weighted by Crippen LogP contribution is 2.19. The van der Waals surface area contributed by atoms with E-state index in [4.69, 9.17) is 0 Å². The molecule has 2 heterocycles. The van der Waals surface area contributed by atoms with E-state index in [1.165, 1.54) is 12.8 Å². The van der Waals surface area contributed by atoms with E-state index in [0.717, 1.165) is 25.9 Å². The Kier molecular flexibility index (Phi) is 3.64. The van der Waals surface area contributed by atoms with E-state index in [-0.39, 0.29) is 5.25 Å². The first kappa shape index (κ1) is 11.4. The average molecular weight is 232 g/mol. The second-order valence-corrected chi connectivity index (χ2v) is 6.98. The first-order valence-corrected chi connectivity index (χ1v) is 7.56. The van der Waals surface area contributed by atoms with Gasteiger partial charge in [0, 0.05) is 19.1 Å². The summed E-state index contributed by atoms with van der Waals surface area (Å²) in [7, 11) is -2.77. The van der Waals surface area contributed by atoms with Crippen LogP contribution in [0.4, 0.5) is 0 Å². The Morgan fingerprint density at radius 1 is 1.20 bits per heavy atom. The lowest BCUT2D eigenvalue weighted by atomic mass is 10.2.